The van der Waals surface area contributed by atoms with Crippen molar-refractivity contribution in [2.45, 2.75) is 194 Å². The molecule has 0 rings (SSSR count). The van der Waals surface area contributed by atoms with Crippen LogP contribution >= 0.6 is 0 Å². The zero-order valence-electron chi connectivity index (χ0n) is 25.0. The number of rotatable bonds is 30. The molecule has 0 N–H and O–H groups in total. The van der Waals surface area contributed by atoms with Gasteiger partial charge in [0.1, 0.15) is 0 Å². The van der Waals surface area contributed by atoms with E-state index in [1.54, 1.807) is 0 Å². The van der Waals surface area contributed by atoms with E-state index in [0.29, 0.717) is 13.0 Å². The Hall–Kier alpha value is -0.790. The minimum atomic E-state index is 0.0160. The third-order valence-electron chi connectivity index (χ3n) is 7.40. The molecule has 0 aliphatic carbocycles. The summed E-state index contributed by atoms with van der Waals surface area (Å²) in [6, 6.07) is 0. The topological polar surface area (TPSA) is 26.3 Å². The molecular formula is C34H66O2. The summed E-state index contributed by atoms with van der Waals surface area (Å²) in [7, 11) is 0. The first-order valence-corrected chi connectivity index (χ1v) is 16.6. The maximum absolute atomic E-state index is 11.9. The highest BCUT2D eigenvalue weighted by Gasteiger charge is 2.02. The van der Waals surface area contributed by atoms with E-state index in [9.17, 15) is 4.79 Å². The second kappa shape index (κ2) is 32.2. The van der Waals surface area contributed by atoms with Gasteiger partial charge in [-0.2, -0.15) is 0 Å². The van der Waals surface area contributed by atoms with Crippen molar-refractivity contribution in [1.29, 1.82) is 0 Å². The quantitative estimate of drug-likeness (QED) is 0.0550. The van der Waals surface area contributed by atoms with Gasteiger partial charge in [0, 0.05) is 6.42 Å². The number of unbranched alkanes of at least 4 members (excludes halogenated alkanes) is 24. The van der Waals surface area contributed by atoms with Crippen molar-refractivity contribution < 1.29 is 9.53 Å². The Morgan fingerprint density at radius 2 is 0.778 bits per heavy atom. The van der Waals surface area contributed by atoms with Crippen LogP contribution in [-0.4, -0.2) is 12.6 Å². The summed E-state index contributed by atoms with van der Waals surface area (Å²) in [5, 5.41) is 0. The number of ether oxygens (including phenoxy) is 1. The van der Waals surface area contributed by atoms with Gasteiger partial charge in [0.15, 0.2) is 0 Å². The van der Waals surface area contributed by atoms with Crippen molar-refractivity contribution in [3.63, 3.8) is 0 Å². The van der Waals surface area contributed by atoms with Gasteiger partial charge < -0.3 is 4.74 Å². The molecule has 0 atom stereocenters. The molecule has 0 unspecified atom stereocenters. The molecule has 0 fully saturated rings. The van der Waals surface area contributed by atoms with Crippen LogP contribution in [0.15, 0.2) is 12.2 Å². The van der Waals surface area contributed by atoms with Gasteiger partial charge in [0.25, 0.3) is 0 Å². The van der Waals surface area contributed by atoms with Crippen molar-refractivity contribution in [3.05, 3.63) is 12.2 Å². The summed E-state index contributed by atoms with van der Waals surface area (Å²) in [6.45, 7) is 5.18. The first kappa shape index (κ1) is 35.2. The molecule has 0 aliphatic heterocycles. The van der Waals surface area contributed by atoms with Crippen LogP contribution in [0.2, 0.25) is 0 Å². The number of esters is 1. The van der Waals surface area contributed by atoms with Crippen LogP contribution in [-0.2, 0) is 9.53 Å². The molecule has 36 heavy (non-hydrogen) atoms. The Morgan fingerprint density at radius 1 is 0.444 bits per heavy atom. The molecular weight excluding hydrogens is 440 g/mol. The summed E-state index contributed by atoms with van der Waals surface area (Å²) in [4.78, 5) is 11.9. The summed E-state index contributed by atoms with van der Waals surface area (Å²) in [6.07, 6.45) is 41.2. The summed E-state index contributed by atoms with van der Waals surface area (Å²) in [5.41, 5.74) is 0. The second-order valence-corrected chi connectivity index (χ2v) is 11.2. The van der Waals surface area contributed by atoms with Gasteiger partial charge in [-0.05, 0) is 38.5 Å². The zero-order chi connectivity index (χ0) is 26.2. The summed E-state index contributed by atoms with van der Waals surface area (Å²) >= 11 is 0. The lowest BCUT2D eigenvalue weighted by molar-refractivity contribution is -0.143. The molecule has 0 bridgehead atoms. The van der Waals surface area contributed by atoms with Gasteiger partial charge in [-0.15, -0.1) is 0 Å². The minimum Gasteiger partial charge on any atom is -0.466 e. The molecule has 0 saturated carbocycles. The van der Waals surface area contributed by atoms with Crippen LogP contribution in [0.1, 0.15) is 194 Å². The molecule has 0 aliphatic rings. The van der Waals surface area contributed by atoms with Crippen LogP contribution in [0.4, 0.5) is 0 Å². The Bertz CT molecular complexity index is 442. The first-order chi connectivity index (χ1) is 17.8. The SMILES string of the molecule is CCCCCCCC/C=C/CCCCCCOC(=O)CCCCCCCCCCCCCCCCC. The monoisotopic (exact) mass is 507 g/mol. The highest BCUT2D eigenvalue weighted by Crippen LogP contribution is 2.14. The molecule has 0 heterocycles. The van der Waals surface area contributed by atoms with E-state index in [2.05, 4.69) is 26.0 Å². The predicted octanol–water partition coefficient (Wildman–Crippen LogP) is 12.0. The van der Waals surface area contributed by atoms with Crippen LogP contribution in [0.3, 0.4) is 0 Å². The molecule has 0 amide bonds. The lowest BCUT2D eigenvalue weighted by Gasteiger charge is -2.05. The lowest BCUT2D eigenvalue weighted by Crippen LogP contribution is -2.05. The second-order valence-electron chi connectivity index (χ2n) is 11.2. The molecule has 214 valence electrons. The highest BCUT2D eigenvalue weighted by molar-refractivity contribution is 5.69. The Kier molecular flexibility index (Phi) is 31.5. The normalized spacial score (nSPS) is 11.5. The van der Waals surface area contributed by atoms with Crippen molar-refractivity contribution in [2.24, 2.45) is 0 Å². The van der Waals surface area contributed by atoms with Gasteiger partial charge in [-0.25, -0.2) is 0 Å². The van der Waals surface area contributed by atoms with E-state index in [0.717, 1.165) is 12.8 Å². The molecule has 0 radical (unpaired) electrons. The molecule has 0 saturated heterocycles. The van der Waals surface area contributed by atoms with E-state index in [1.807, 2.05) is 0 Å². The summed E-state index contributed by atoms with van der Waals surface area (Å²) in [5.74, 6) is 0.0160. The van der Waals surface area contributed by atoms with Gasteiger partial charge in [0.2, 0.25) is 0 Å². The number of carbonyl (C=O) groups excluding carboxylic acids is 1. The molecule has 0 aromatic heterocycles. The Labute approximate surface area is 227 Å². The number of carbonyl (C=O) groups is 1. The molecule has 0 aromatic carbocycles. The van der Waals surface area contributed by atoms with Gasteiger partial charge in [0.05, 0.1) is 6.61 Å². The number of hydrogen-bond donors (Lipinski definition) is 0. The van der Waals surface area contributed by atoms with Gasteiger partial charge in [-0.3, -0.25) is 4.79 Å². The third kappa shape index (κ3) is 31.2. The lowest BCUT2D eigenvalue weighted by atomic mass is 10.0. The van der Waals surface area contributed by atoms with Crippen LogP contribution in [0.25, 0.3) is 0 Å². The fourth-order valence-electron chi connectivity index (χ4n) is 4.89. The zero-order valence-corrected chi connectivity index (χ0v) is 25.0. The van der Waals surface area contributed by atoms with E-state index in [1.165, 1.54) is 161 Å². The smallest absolute Gasteiger partial charge is 0.305 e. The van der Waals surface area contributed by atoms with Crippen LogP contribution in [0, 0.1) is 0 Å². The molecule has 2 heteroatoms. The van der Waals surface area contributed by atoms with E-state index in [4.69, 9.17) is 4.74 Å². The fraction of sp³-hybridized carbons (Fsp3) is 0.912. The van der Waals surface area contributed by atoms with E-state index in [-0.39, 0.29) is 5.97 Å². The average molecular weight is 507 g/mol. The molecule has 0 spiro atoms. The van der Waals surface area contributed by atoms with Crippen LogP contribution < -0.4 is 0 Å². The Morgan fingerprint density at radius 3 is 1.19 bits per heavy atom. The van der Waals surface area contributed by atoms with Crippen molar-refractivity contribution in [2.75, 3.05) is 6.61 Å². The van der Waals surface area contributed by atoms with Crippen molar-refractivity contribution >= 4 is 5.97 Å². The van der Waals surface area contributed by atoms with Crippen molar-refractivity contribution in [1.82, 2.24) is 0 Å². The fourth-order valence-corrected chi connectivity index (χ4v) is 4.89. The Balaban J connectivity index is 3.19. The largest absolute Gasteiger partial charge is 0.466 e. The number of hydrogen-bond acceptors (Lipinski definition) is 2. The average Bonchev–Trinajstić information content (AvgIpc) is 2.88. The standard InChI is InChI=1S/C34H66O2/c1-3-5-7-9-11-13-15-17-19-20-22-24-26-28-30-32-34(35)36-33-31-29-27-25-23-21-18-16-14-12-10-8-6-4-2/h18,21H,3-17,19-20,22-33H2,1-2H3/b21-18+. The summed E-state index contributed by atoms with van der Waals surface area (Å²) < 4.78 is 5.42. The number of allylic oxidation sites excluding steroid dienone is 2. The van der Waals surface area contributed by atoms with Crippen LogP contribution in [0.5, 0.6) is 0 Å². The van der Waals surface area contributed by atoms with E-state index < -0.39 is 0 Å². The minimum absolute atomic E-state index is 0.0160. The maximum atomic E-state index is 11.9. The van der Waals surface area contributed by atoms with E-state index >= 15 is 0 Å². The van der Waals surface area contributed by atoms with Gasteiger partial charge in [-0.1, -0.05) is 161 Å². The predicted molar refractivity (Wildman–Crippen MR) is 161 cm³/mol. The van der Waals surface area contributed by atoms with Gasteiger partial charge >= 0.3 is 5.97 Å². The molecule has 0 aromatic rings. The molecule has 2 nitrogen and oxygen atoms in total. The third-order valence-corrected chi connectivity index (χ3v) is 7.40. The maximum Gasteiger partial charge on any atom is 0.305 e. The van der Waals surface area contributed by atoms with Crippen molar-refractivity contribution in [3.8, 4) is 0 Å². The first-order valence-electron chi connectivity index (χ1n) is 16.6. The highest BCUT2D eigenvalue weighted by atomic mass is 16.5.